The summed E-state index contributed by atoms with van der Waals surface area (Å²) in [4.78, 5) is 13.5. The Balaban J connectivity index is 1.90. The monoisotopic (exact) mass is 410 g/mol. The predicted molar refractivity (Wildman–Crippen MR) is 119 cm³/mol. The highest BCUT2D eigenvalue weighted by molar-refractivity contribution is 5.82. The third kappa shape index (κ3) is 5.16. The maximum absolute atomic E-state index is 13.5. The molecule has 2 aromatic carbocycles. The number of hydrogen-bond acceptors (Lipinski definition) is 4. The number of carbonyl (C=O) groups excluding carboxylic acids is 1. The van der Waals surface area contributed by atoms with Crippen molar-refractivity contribution in [1.29, 1.82) is 0 Å². The van der Waals surface area contributed by atoms with Crippen molar-refractivity contribution >= 4 is 5.97 Å². The van der Waals surface area contributed by atoms with Gasteiger partial charge in [0, 0.05) is 0 Å². The molecule has 0 aromatic heterocycles. The van der Waals surface area contributed by atoms with Crippen LogP contribution in [0.15, 0.2) is 48.5 Å². The molecule has 0 saturated heterocycles. The Morgan fingerprint density at radius 1 is 0.867 bits per heavy atom. The molecule has 0 bridgehead atoms. The first-order valence-electron chi connectivity index (χ1n) is 10.9. The minimum atomic E-state index is -0.480. The van der Waals surface area contributed by atoms with Crippen LogP contribution in [0, 0.1) is 17.8 Å². The summed E-state index contributed by atoms with van der Waals surface area (Å²) < 4.78 is 16.8. The smallest absolute Gasteiger partial charge is 0.318 e. The van der Waals surface area contributed by atoms with Crippen LogP contribution in [0.3, 0.4) is 0 Å². The highest BCUT2D eigenvalue weighted by Crippen LogP contribution is 2.37. The third-order valence-electron chi connectivity index (χ3n) is 6.36. The summed E-state index contributed by atoms with van der Waals surface area (Å²) in [6.07, 6.45) is 3.23. The molecule has 0 amide bonds. The Morgan fingerprint density at radius 2 is 1.37 bits per heavy atom. The van der Waals surface area contributed by atoms with E-state index in [0.29, 0.717) is 17.8 Å². The van der Waals surface area contributed by atoms with Crippen molar-refractivity contribution in [3.8, 4) is 11.5 Å². The molecular formula is C26H34O4. The van der Waals surface area contributed by atoms with E-state index in [1.165, 1.54) is 6.42 Å². The van der Waals surface area contributed by atoms with E-state index in [9.17, 15) is 4.79 Å². The number of esters is 1. The molecule has 4 nitrogen and oxygen atoms in total. The van der Waals surface area contributed by atoms with E-state index in [-0.39, 0.29) is 12.1 Å². The van der Waals surface area contributed by atoms with Crippen LogP contribution in [-0.2, 0) is 9.53 Å². The summed E-state index contributed by atoms with van der Waals surface area (Å²) in [6.45, 7) is 6.71. The molecule has 1 aliphatic carbocycles. The van der Waals surface area contributed by atoms with Gasteiger partial charge in [0.2, 0.25) is 0 Å². The van der Waals surface area contributed by atoms with Gasteiger partial charge in [-0.05, 0) is 66.0 Å². The van der Waals surface area contributed by atoms with Crippen LogP contribution >= 0.6 is 0 Å². The van der Waals surface area contributed by atoms with Crippen LogP contribution < -0.4 is 9.47 Å². The maximum Gasteiger partial charge on any atom is 0.318 e. The highest BCUT2D eigenvalue weighted by atomic mass is 16.5. The van der Waals surface area contributed by atoms with Gasteiger partial charge in [0.25, 0.3) is 0 Å². The van der Waals surface area contributed by atoms with Gasteiger partial charge in [-0.2, -0.15) is 0 Å². The number of hydrogen-bond donors (Lipinski definition) is 0. The molecule has 0 spiro atoms. The Hall–Kier alpha value is -2.49. The first-order valence-corrected chi connectivity index (χ1v) is 10.9. The zero-order valence-electron chi connectivity index (χ0n) is 18.8. The van der Waals surface area contributed by atoms with Gasteiger partial charge in [-0.15, -0.1) is 0 Å². The van der Waals surface area contributed by atoms with Crippen molar-refractivity contribution < 1.29 is 19.0 Å². The van der Waals surface area contributed by atoms with Crippen LogP contribution in [0.1, 0.15) is 57.1 Å². The molecule has 3 atom stereocenters. The lowest BCUT2D eigenvalue weighted by atomic mass is 9.75. The SMILES string of the molecule is COc1ccc(C(C(=O)OC2CC(C)CCC2C(C)C)c2ccc(OC)cc2)cc1. The predicted octanol–water partition coefficient (Wildman–Crippen LogP) is 5.84. The van der Waals surface area contributed by atoms with Gasteiger partial charge in [-0.1, -0.05) is 51.5 Å². The van der Waals surface area contributed by atoms with Gasteiger partial charge in [-0.3, -0.25) is 4.79 Å². The molecule has 1 aliphatic rings. The van der Waals surface area contributed by atoms with Gasteiger partial charge >= 0.3 is 5.97 Å². The summed E-state index contributed by atoms with van der Waals surface area (Å²) in [5, 5.41) is 0. The van der Waals surface area contributed by atoms with Crippen LogP contribution in [0.4, 0.5) is 0 Å². The number of benzene rings is 2. The second kappa shape index (κ2) is 10.0. The minimum absolute atomic E-state index is 0.0275. The second-order valence-corrected chi connectivity index (χ2v) is 8.78. The quantitative estimate of drug-likeness (QED) is 0.538. The minimum Gasteiger partial charge on any atom is -0.497 e. The number of ether oxygens (including phenoxy) is 3. The lowest BCUT2D eigenvalue weighted by Crippen LogP contribution is -2.37. The Kier molecular flexibility index (Phi) is 7.41. The van der Waals surface area contributed by atoms with E-state index in [1.54, 1.807) is 14.2 Å². The highest BCUT2D eigenvalue weighted by Gasteiger charge is 2.35. The van der Waals surface area contributed by atoms with Crippen LogP contribution in [0.25, 0.3) is 0 Å². The summed E-state index contributed by atoms with van der Waals surface area (Å²) in [6, 6.07) is 15.3. The van der Waals surface area contributed by atoms with E-state index in [4.69, 9.17) is 14.2 Å². The molecule has 0 radical (unpaired) electrons. The van der Waals surface area contributed by atoms with E-state index < -0.39 is 5.92 Å². The normalized spacial score (nSPS) is 21.5. The summed E-state index contributed by atoms with van der Waals surface area (Å²) in [5.74, 6) is 2.36. The van der Waals surface area contributed by atoms with E-state index in [0.717, 1.165) is 35.5 Å². The summed E-state index contributed by atoms with van der Waals surface area (Å²) in [7, 11) is 3.28. The maximum atomic E-state index is 13.5. The molecule has 3 unspecified atom stereocenters. The third-order valence-corrected chi connectivity index (χ3v) is 6.36. The molecule has 4 heteroatoms. The van der Waals surface area contributed by atoms with E-state index in [2.05, 4.69) is 20.8 Å². The fourth-order valence-electron chi connectivity index (χ4n) is 4.52. The molecule has 0 heterocycles. The van der Waals surface area contributed by atoms with Gasteiger partial charge < -0.3 is 14.2 Å². The topological polar surface area (TPSA) is 44.8 Å². The molecule has 0 aliphatic heterocycles. The molecule has 1 saturated carbocycles. The molecule has 30 heavy (non-hydrogen) atoms. The molecular weight excluding hydrogens is 376 g/mol. The first kappa shape index (κ1) is 22.2. The lowest BCUT2D eigenvalue weighted by molar-refractivity contribution is -0.156. The largest absolute Gasteiger partial charge is 0.497 e. The average molecular weight is 411 g/mol. The Bertz CT molecular complexity index is 762. The average Bonchev–Trinajstić information content (AvgIpc) is 2.74. The van der Waals surface area contributed by atoms with Crippen molar-refractivity contribution in [2.24, 2.45) is 17.8 Å². The first-order chi connectivity index (χ1) is 14.4. The van der Waals surface area contributed by atoms with Crippen LogP contribution in [0.5, 0.6) is 11.5 Å². The summed E-state index contributed by atoms with van der Waals surface area (Å²) in [5.41, 5.74) is 1.80. The van der Waals surface area contributed by atoms with Gasteiger partial charge in [0.05, 0.1) is 14.2 Å². The lowest BCUT2D eigenvalue weighted by Gasteiger charge is -2.37. The standard InChI is InChI=1S/C26H34O4/c1-17(2)23-15-6-18(3)16-24(23)30-26(27)25(19-7-11-21(28-4)12-8-19)20-9-13-22(29-5)14-10-20/h7-14,17-18,23-25H,6,15-16H2,1-5H3. The van der Waals surface area contributed by atoms with Crippen LogP contribution in [-0.4, -0.2) is 26.3 Å². The number of methoxy groups -OCH3 is 2. The number of rotatable bonds is 7. The van der Waals surface area contributed by atoms with Gasteiger partial charge in [0.15, 0.2) is 0 Å². The van der Waals surface area contributed by atoms with Crippen molar-refractivity contribution in [2.45, 2.75) is 52.1 Å². The van der Waals surface area contributed by atoms with Crippen molar-refractivity contribution in [2.75, 3.05) is 14.2 Å². The fourth-order valence-corrected chi connectivity index (χ4v) is 4.52. The van der Waals surface area contributed by atoms with Crippen molar-refractivity contribution in [3.63, 3.8) is 0 Å². The zero-order chi connectivity index (χ0) is 21.7. The Labute approximate surface area is 180 Å². The second-order valence-electron chi connectivity index (χ2n) is 8.78. The van der Waals surface area contributed by atoms with E-state index >= 15 is 0 Å². The van der Waals surface area contributed by atoms with Gasteiger partial charge in [0.1, 0.15) is 23.5 Å². The zero-order valence-corrected chi connectivity index (χ0v) is 18.8. The van der Waals surface area contributed by atoms with Crippen LogP contribution in [0.2, 0.25) is 0 Å². The molecule has 1 fully saturated rings. The number of carbonyl (C=O) groups is 1. The van der Waals surface area contributed by atoms with Crippen molar-refractivity contribution in [1.82, 2.24) is 0 Å². The van der Waals surface area contributed by atoms with Crippen molar-refractivity contribution in [3.05, 3.63) is 59.7 Å². The molecule has 3 rings (SSSR count). The Morgan fingerprint density at radius 3 is 1.80 bits per heavy atom. The molecule has 2 aromatic rings. The fraction of sp³-hybridized carbons (Fsp3) is 0.500. The van der Waals surface area contributed by atoms with Gasteiger partial charge in [-0.25, -0.2) is 0 Å². The molecule has 162 valence electrons. The summed E-state index contributed by atoms with van der Waals surface area (Å²) >= 11 is 0. The van der Waals surface area contributed by atoms with E-state index in [1.807, 2.05) is 48.5 Å². The molecule has 0 N–H and O–H groups in total.